The summed E-state index contributed by atoms with van der Waals surface area (Å²) in [5, 5.41) is 9.70. The van der Waals surface area contributed by atoms with Gasteiger partial charge < -0.3 is 19.9 Å². The van der Waals surface area contributed by atoms with Crippen LogP contribution in [0.3, 0.4) is 0 Å². The lowest BCUT2D eigenvalue weighted by atomic mass is 9.92. The van der Waals surface area contributed by atoms with Crippen LogP contribution in [0.4, 0.5) is 5.82 Å². The number of nitrogens with two attached hydrogens (primary N) is 1. The van der Waals surface area contributed by atoms with E-state index in [0.29, 0.717) is 22.8 Å². The van der Waals surface area contributed by atoms with E-state index >= 15 is 0 Å². The van der Waals surface area contributed by atoms with Crippen LogP contribution in [-0.2, 0) is 0 Å². The van der Waals surface area contributed by atoms with Gasteiger partial charge in [-0.15, -0.1) is 0 Å². The fraction of sp³-hybridized carbons (Fsp3) is 0.182. The normalized spacial score (nSPS) is 10.2. The first kappa shape index (κ1) is 19.1. The number of nitrogen functional groups attached to an aromatic ring is 1. The number of rotatable bonds is 5. The van der Waals surface area contributed by atoms with Gasteiger partial charge in [-0.3, -0.25) is 0 Å². The van der Waals surface area contributed by atoms with Crippen molar-refractivity contribution in [2.75, 3.05) is 27.1 Å². The fourth-order valence-electron chi connectivity index (χ4n) is 3.19. The zero-order chi connectivity index (χ0) is 20.3. The summed E-state index contributed by atoms with van der Waals surface area (Å²) in [5.74, 6) is 2.12. The Bertz CT molecular complexity index is 1050. The standard InChI is InChI=1S/C22H21N3O3/c1-13-20(15-7-10-18(27-3)19(11-15)28-4)17(12-23)22(24)25-21(13)14-5-8-16(26-2)9-6-14/h5-11H,1-4H3,(H2,24,25). The third-order valence-corrected chi connectivity index (χ3v) is 4.62. The summed E-state index contributed by atoms with van der Waals surface area (Å²) < 4.78 is 15.9. The van der Waals surface area contributed by atoms with Crippen molar-refractivity contribution in [3.8, 4) is 45.7 Å². The maximum Gasteiger partial charge on any atom is 0.161 e. The summed E-state index contributed by atoms with van der Waals surface area (Å²) in [7, 11) is 4.77. The molecule has 3 rings (SSSR count). The van der Waals surface area contributed by atoms with E-state index in [1.165, 1.54) is 0 Å². The van der Waals surface area contributed by atoms with Gasteiger partial charge in [0.25, 0.3) is 0 Å². The number of nitriles is 1. The molecule has 6 heteroatoms. The first-order valence-corrected chi connectivity index (χ1v) is 8.61. The lowest BCUT2D eigenvalue weighted by molar-refractivity contribution is 0.355. The largest absolute Gasteiger partial charge is 0.497 e. The number of anilines is 1. The number of ether oxygens (including phenoxy) is 3. The van der Waals surface area contributed by atoms with Crippen LogP contribution >= 0.6 is 0 Å². The molecule has 0 radical (unpaired) electrons. The van der Waals surface area contributed by atoms with E-state index in [0.717, 1.165) is 28.0 Å². The Hall–Kier alpha value is -3.72. The molecule has 0 fully saturated rings. The highest BCUT2D eigenvalue weighted by molar-refractivity contribution is 5.85. The molecule has 142 valence electrons. The van der Waals surface area contributed by atoms with E-state index in [1.807, 2.05) is 43.3 Å². The minimum Gasteiger partial charge on any atom is -0.497 e. The maximum absolute atomic E-state index is 9.70. The minimum atomic E-state index is 0.184. The molecule has 0 aliphatic heterocycles. The van der Waals surface area contributed by atoms with Crippen LogP contribution in [0.15, 0.2) is 42.5 Å². The van der Waals surface area contributed by atoms with Gasteiger partial charge in [0.15, 0.2) is 11.5 Å². The molecule has 1 heterocycles. The predicted molar refractivity (Wildman–Crippen MR) is 109 cm³/mol. The molecule has 0 saturated carbocycles. The topological polar surface area (TPSA) is 90.4 Å². The van der Waals surface area contributed by atoms with Gasteiger partial charge in [-0.25, -0.2) is 4.98 Å². The van der Waals surface area contributed by atoms with E-state index in [2.05, 4.69) is 11.1 Å². The molecule has 1 aromatic heterocycles. The monoisotopic (exact) mass is 375 g/mol. The van der Waals surface area contributed by atoms with Crippen LogP contribution in [-0.4, -0.2) is 26.3 Å². The molecule has 0 atom stereocenters. The molecule has 0 unspecified atom stereocenters. The predicted octanol–water partition coefficient (Wildman–Crippen LogP) is 4.20. The number of pyridine rings is 1. The zero-order valence-corrected chi connectivity index (χ0v) is 16.2. The molecular formula is C22H21N3O3. The number of methoxy groups -OCH3 is 3. The summed E-state index contributed by atoms with van der Waals surface area (Å²) in [5.41, 5.74) is 10.5. The second-order valence-electron chi connectivity index (χ2n) is 6.13. The molecule has 2 aromatic carbocycles. The Morgan fingerprint density at radius 3 is 2.11 bits per heavy atom. The Morgan fingerprint density at radius 2 is 1.54 bits per heavy atom. The smallest absolute Gasteiger partial charge is 0.161 e. The SMILES string of the molecule is COc1ccc(-c2nc(N)c(C#N)c(-c3ccc(OC)c(OC)c3)c2C)cc1. The number of benzene rings is 2. The van der Waals surface area contributed by atoms with Crippen molar-refractivity contribution in [2.24, 2.45) is 0 Å². The van der Waals surface area contributed by atoms with E-state index < -0.39 is 0 Å². The Morgan fingerprint density at radius 1 is 0.893 bits per heavy atom. The Kier molecular flexibility index (Phi) is 5.37. The number of aromatic nitrogens is 1. The molecule has 0 aliphatic carbocycles. The highest BCUT2D eigenvalue weighted by Crippen LogP contribution is 2.39. The first-order valence-electron chi connectivity index (χ1n) is 8.61. The van der Waals surface area contributed by atoms with Crippen LogP contribution in [0.2, 0.25) is 0 Å². The summed E-state index contributed by atoms with van der Waals surface area (Å²) >= 11 is 0. The average molecular weight is 375 g/mol. The summed E-state index contributed by atoms with van der Waals surface area (Å²) in [6.07, 6.45) is 0. The van der Waals surface area contributed by atoms with E-state index in [4.69, 9.17) is 19.9 Å². The first-order chi connectivity index (χ1) is 13.5. The van der Waals surface area contributed by atoms with Gasteiger partial charge in [0.1, 0.15) is 23.2 Å². The summed E-state index contributed by atoms with van der Waals surface area (Å²) in [4.78, 5) is 4.49. The number of hydrogen-bond acceptors (Lipinski definition) is 6. The minimum absolute atomic E-state index is 0.184. The van der Waals surface area contributed by atoms with Crippen LogP contribution in [0.1, 0.15) is 11.1 Å². The van der Waals surface area contributed by atoms with E-state index in [-0.39, 0.29) is 5.82 Å². The van der Waals surface area contributed by atoms with Crippen LogP contribution in [0.25, 0.3) is 22.4 Å². The molecular weight excluding hydrogens is 354 g/mol. The van der Waals surface area contributed by atoms with Crippen molar-refractivity contribution < 1.29 is 14.2 Å². The zero-order valence-electron chi connectivity index (χ0n) is 16.2. The molecule has 0 amide bonds. The van der Waals surface area contributed by atoms with Crippen molar-refractivity contribution in [1.82, 2.24) is 4.98 Å². The number of nitrogens with zero attached hydrogens (tertiary/aromatic N) is 2. The van der Waals surface area contributed by atoms with E-state index in [9.17, 15) is 5.26 Å². The van der Waals surface area contributed by atoms with Gasteiger partial charge in [0, 0.05) is 11.1 Å². The van der Waals surface area contributed by atoms with Crippen molar-refractivity contribution in [1.29, 1.82) is 5.26 Å². The van der Waals surface area contributed by atoms with E-state index in [1.54, 1.807) is 27.4 Å². The van der Waals surface area contributed by atoms with Crippen molar-refractivity contribution in [3.63, 3.8) is 0 Å². The fourth-order valence-corrected chi connectivity index (χ4v) is 3.19. The van der Waals surface area contributed by atoms with Gasteiger partial charge in [-0.2, -0.15) is 5.26 Å². The van der Waals surface area contributed by atoms with Crippen LogP contribution in [0, 0.1) is 18.3 Å². The molecule has 0 saturated heterocycles. The highest BCUT2D eigenvalue weighted by Gasteiger charge is 2.19. The van der Waals surface area contributed by atoms with Gasteiger partial charge in [0.2, 0.25) is 0 Å². The van der Waals surface area contributed by atoms with Crippen molar-refractivity contribution in [2.45, 2.75) is 6.92 Å². The molecule has 28 heavy (non-hydrogen) atoms. The average Bonchev–Trinajstić information content (AvgIpc) is 2.74. The molecule has 2 N–H and O–H groups in total. The molecule has 3 aromatic rings. The highest BCUT2D eigenvalue weighted by atomic mass is 16.5. The van der Waals surface area contributed by atoms with Crippen LogP contribution in [0.5, 0.6) is 17.2 Å². The lowest BCUT2D eigenvalue weighted by Crippen LogP contribution is -2.03. The quantitative estimate of drug-likeness (QED) is 0.719. The Balaban J connectivity index is 2.25. The van der Waals surface area contributed by atoms with Gasteiger partial charge in [0.05, 0.1) is 27.0 Å². The second-order valence-corrected chi connectivity index (χ2v) is 6.13. The van der Waals surface area contributed by atoms with Crippen molar-refractivity contribution >= 4 is 5.82 Å². The Labute approximate surface area is 164 Å². The summed E-state index contributed by atoms with van der Waals surface area (Å²) in [6.45, 7) is 1.93. The molecule has 0 spiro atoms. The summed E-state index contributed by atoms with van der Waals surface area (Å²) in [6, 6.07) is 15.3. The molecule has 6 nitrogen and oxygen atoms in total. The lowest BCUT2D eigenvalue weighted by Gasteiger charge is -2.16. The maximum atomic E-state index is 9.70. The van der Waals surface area contributed by atoms with Gasteiger partial charge in [-0.1, -0.05) is 6.07 Å². The van der Waals surface area contributed by atoms with Gasteiger partial charge in [-0.05, 0) is 54.4 Å². The third-order valence-electron chi connectivity index (χ3n) is 4.62. The van der Waals surface area contributed by atoms with Crippen LogP contribution < -0.4 is 19.9 Å². The van der Waals surface area contributed by atoms with Gasteiger partial charge >= 0.3 is 0 Å². The number of hydrogen-bond donors (Lipinski definition) is 1. The second kappa shape index (κ2) is 7.89. The molecule has 0 aliphatic rings. The molecule has 0 bridgehead atoms. The third kappa shape index (κ3) is 3.30. The van der Waals surface area contributed by atoms with Crippen molar-refractivity contribution in [3.05, 3.63) is 53.6 Å².